The fourth-order valence-corrected chi connectivity index (χ4v) is 11.6. The largest absolute Gasteiger partial charge is 0.466 e. The zero-order valence-corrected chi connectivity index (χ0v) is 54.3. The van der Waals surface area contributed by atoms with Crippen molar-refractivity contribution in [3.05, 3.63) is 24.3 Å². The fraction of sp³-hybridized carbons (Fsp3) is 0.919. The molecule has 0 aromatic heterocycles. The third-order valence-corrected chi connectivity index (χ3v) is 17.2. The fourth-order valence-electron chi connectivity index (χ4n) is 11.6. The molecule has 6 nitrogen and oxygen atoms in total. The van der Waals surface area contributed by atoms with Crippen LogP contribution in [0, 0.1) is 0 Å². The van der Waals surface area contributed by atoms with Crippen LogP contribution in [0.4, 0.5) is 0 Å². The third kappa shape index (κ3) is 65.5. The summed E-state index contributed by atoms with van der Waals surface area (Å²) < 4.78 is 5.50. The van der Waals surface area contributed by atoms with Crippen molar-refractivity contribution in [2.75, 3.05) is 13.2 Å². The first-order chi connectivity index (χ1) is 39.5. The van der Waals surface area contributed by atoms with E-state index in [1.807, 2.05) is 0 Å². The average Bonchev–Trinajstić information content (AvgIpc) is 3.46. The van der Waals surface area contributed by atoms with Gasteiger partial charge in [-0.2, -0.15) is 0 Å². The maximum atomic E-state index is 12.5. The maximum absolute atomic E-state index is 12.5. The highest BCUT2D eigenvalue weighted by molar-refractivity contribution is 5.76. The van der Waals surface area contributed by atoms with E-state index in [1.165, 1.54) is 334 Å². The van der Waals surface area contributed by atoms with Gasteiger partial charge in [-0.05, 0) is 77.0 Å². The number of hydrogen-bond donors (Lipinski definition) is 3. The molecule has 6 heteroatoms. The molecule has 0 spiro atoms. The molecule has 0 fully saturated rings. The Morgan fingerprint density at radius 3 is 0.887 bits per heavy atom. The Hall–Kier alpha value is -1.66. The SMILES string of the molecule is CCCCCCCC/C=C\CCCCCCCCCC(=O)OCCCCCCCCCCCCCC/C=C\CCCCCCCCCCCCCC(=O)NC(CO)C(O)CCCCCCCCCCCCCCCCCCCCC. The lowest BCUT2D eigenvalue weighted by atomic mass is 10.0. The molecule has 0 aliphatic heterocycles. The smallest absolute Gasteiger partial charge is 0.305 e. The van der Waals surface area contributed by atoms with Crippen LogP contribution in [0.3, 0.4) is 0 Å². The number of unbranched alkanes of at least 4 members (excludes halogenated alkanes) is 54. The van der Waals surface area contributed by atoms with Crippen molar-refractivity contribution < 1.29 is 24.5 Å². The molecule has 2 unspecified atom stereocenters. The van der Waals surface area contributed by atoms with E-state index in [2.05, 4.69) is 43.5 Å². The minimum atomic E-state index is -0.665. The van der Waals surface area contributed by atoms with Crippen molar-refractivity contribution in [1.29, 1.82) is 0 Å². The number of aliphatic hydroxyl groups is 2. The number of hydrogen-bond acceptors (Lipinski definition) is 5. The summed E-state index contributed by atoms with van der Waals surface area (Å²) in [5, 5.41) is 23.4. The highest BCUT2D eigenvalue weighted by Crippen LogP contribution is 2.19. The number of aliphatic hydroxyl groups excluding tert-OH is 2. The molecule has 0 aromatic carbocycles. The summed E-state index contributed by atoms with van der Waals surface area (Å²) in [4.78, 5) is 24.6. The van der Waals surface area contributed by atoms with Crippen LogP contribution in [0.1, 0.15) is 412 Å². The molecular weight excluding hydrogens is 983 g/mol. The van der Waals surface area contributed by atoms with Gasteiger partial charge >= 0.3 is 5.97 Å². The Bertz CT molecular complexity index is 1250. The number of esters is 1. The Morgan fingerprint density at radius 2 is 0.588 bits per heavy atom. The van der Waals surface area contributed by atoms with Gasteiger partial charge in [0.2, 0.25) is 5.91 Å². The van der Waals surface area contributed by atoms with Gasteiger partial charge < -0.3 is 20.3 Å². The lowest BCUT2D eigenvalue weighted by Gasteiger charge is -2.22. The lowest BCUT2D eigenvalue weighted by molar-refractivity contribution is -0.143. The van der Waals surface area contributed by atoms with Gasteiger partial charge in [0.25, 0.3) is 0 Å². The Kier molecular flexibility index (Phi) is 68.4. The highest BCUT2D eigenvalue weighted by atomic mass is 16.5. The molecule has 474 valence electrons. The standard InChI is InChI=1S/C74H143NO5/c1-3-5-7-9-11-13-15-17-19-21-31-35-38-42-46-50-54-58-62-66-72(77)71(70-76)75-73(78)67-63-59-55-51-47-43-39-36-32-29-27-25-23-22-24-26-28-30-33-37-41-45-49-53-57-61-65-69-80-74(79)68-64-60-56-52-48-44-40-34-20-18-16-14-12-10-8-6-4-2/h18,20,22-23,71-72,76-77H,3-17,19,21,24-70H2,1-2H3,(H,75,78)/b20-18-,23-22-. The van der Waals surface area contributed by atoms with Crippen molar-refractivity contribution in [3.8, 4) is 0 Å². The molecule has 0 saturated carbocycles. The van der Waals surface area contributed by atoms with Crippen LogP contribution >= 0.6 is 0 Å². The number of amides is 1. The minimum absolute atomic E-state index is 0.0127. The summed E-state index contributed by atoms with van der Waals surface area (Å²) in [6.07, 6.45) is 88.0. The second-order valence-electron chi connectivity index (χ2n) is 25.3. The molecule has 2 atom stereocenters. The number of nitrogens with one attached hydrogen (secondary N) is 1. The van der Waals surface area contributed by atoms with Gasteiger partial charge in [0.1, 0.15) is 0 Å². The zero-order valence-electron chi connectivity index (χ0n) is 54.3. The van der Waals surface area contributed by atoms with Gasteiger partial charge in [-0.25, -0.2) is 0 Å². The molecule has 0 radical (unpaired) electrons. The first-order valence-corrected chi connectivity index (χ1v) is 36.6. The molecule has 0 aliphatic carbocycles. The van der Waals surface area contributed by atoms with Gasteiger partial charge in [0, 0.05) is 12.8 Å². The van der Waals surface area contributed by atoms with Crippen LogP contribution in [0.2, 0.25) is 0 Å². The van der Waals surface area contributed by atoms with E-state index in [1.54, 1.807) is 0 Å². The first-order valence-electron chi connectivity index (χ1n) is 36.6. The predicted octanol–water partition coefficient (Wildman–Crippen LogP) is 23.7. The van der Waals surface area contributed by atoms with E-state index < -0.39 is 12.1 Å². The summed E-state index contributed by atoms with van der Waals surface area (Å²) in [5.74, 6) is -0.0189. The topological polar surface area (TPSA) is 95.9 Å². The van der Waals surface area contributed by atoms with E-state index in [0.29, 0.717) is 25.9 Å². The van der Waals surface area contributed by atoms with Crippen molar-refractivity contribution in [2.45, 2.75) is 424 Å². The van der Waals surface area contributed by atoms with Crippen LogP contribution in [-0.4, -0.2) is 47.4 Å². The number of rotatable bonds is 69. The van der Waals surface area contributed by atoms with Crippen molar-refractivity contribution in [3.63, 3.8) is 0 Å². The average molecular weight is 1130 g/mol. The number of carbonyl (C=O) groups excluding carboxylic acids is 2. The van der Waals surface area contributed by atoms with Gasteiger partial charge in [-0.1, -0.05) is 346 Å². The van der Waals surface area contributed by atoms with Crippen LogP contribution in [0.25, 0.3) is 0 Å². The van der Waals surface area contributed by atoms with Gasteiger partial charge in [0.15, 0.2) is 0 Å². The molecule has 1 amide bonds. The second kappa shape index (κ2) is 69.8. The van der Waals surface area contributed by atoms with E-state index in [9.17, 15) is 19.8 Å². The summed E-state index contributed by atoms with van der Waals surface area (Å²) >= 11 is 0. The first kappa shape index (κ1) is 78.3. The quantitative estimate of drug-likeness (QED) is 0.0320. The predicted molar refractivity (Wildman–Crippen MR) is 352 cm³/mol. The van der Waals surface area contributed by atoms with Crippen molar-refractivity contribution in [2.24, 2.45) is 0 Å². The van der Waals surface area contributed by atoms with E-state index in [0.717, 1.165) is 44.9 Å². The zero-order chi connectivity index (χ0) is 57.8. The molecule has 0 rings (SSSR count). The highest BCUT2D eigenvalue weighted by Gasteiger charge is 2.20. The molecule has 0 aliphatic rings. The monoisotopic (exact) mass is 1130 g/mol. The van der Waals surface area contributed by atoms with E-state index >= 15 is 0 Å². The van der Waals surface area contributed by atoms with E-state index in [-0.39, 0.29) is 18.5 Å². The normalized spacial score (nSPS) is 12.6. The van der Waals surface area contributed by atoms with Crippen LogP contribution in [0.15, 0.2) is 24.3 Å². The molecule has 0 heterocycles. The Morgan fingerprint density at radius 1 is 0.338 bits per heavy atom. The van der Waals surface area contributed by atoms with E-state index in [4.69, 9.17) is 4.74 Å². The summed E-state index contributed by atoms with van der Waals surface area (Å²) in [6.45, 7) is 4.99. The lowest BCUT2D eigenvalue weighted by Crippen LogP contribution is -2.45. The summed E-state index contributed by atoms with van der Waals surface area (Å²) in [6, 6.07) is -0.543. The van der Waals surface area contributed by atoms with Crippen LogP contribution < -0.4 is 5.32 Å². The molecule has 0 saturated heterocycles. The minimum Gasteiger partial charge on any atom is -0.466 e. The Balaban J connectivity index is 3.37. The van der Waals surface area contributed by atoms with Crippen molar-refractivity contribution >= 4 is 11.9 Å². The number of allylic oxidation sites excluding steroid dienone is 4. The third-order valence-electron chi connectivity index (χ3n) is 17.2. The summed E-state index contributed by atoms with van der Waals surface area (Å²) in [7, 11) is 0. The van der Waals surface area contributed by atoms with Gasteiger partial charge in [-0.3, -0.25) is 9.59 Å². The van der Waals surface area contributed by atoms with Crippen LogP contribution in [0.5, 0.6) is 0 Å². The van der Waals surface area contributed by atoms with Gasteiger partial charge in [-0.15, -0.1) is 0 Å². The second-order valence-corrected chi connectivity index (χ2v) is 25.3. The molecule has 3 N–H and O–H groups in total. The maximum Gasteiger partial charge on any atom is 0.305 e. The molecule has 0 bridgehead atoms. The number of ether oxygens (including phenoxy) is 1. The van der Waals surface area contributed by atoms with Gasteiger partial charge in [0.05, 0.1) is 25.4 Å². The van der Waals surface area contributed by atoms with Crippen molar-refractivity contribution in [1.82, 2.24) is 5.32 Å². The molecular formula is C74H143NO5. The Labute approximate surface area is 501 Å². The number of carbonyl (C=O) groups is 2. The van der Waals surface area contributed by atoms with Crippen LogP contribution in [-0.2, 0) is 14.3 Å². The molecule has 80 heavy (non-hydrogen) atoms. The molecule has 0 aromatic rings. The summed E-state index contributed by atoms with van der Waals surface area (Å²) in [5.41, 5.74) is 0.